The lowest BCUT2D eigenvalue weighted by molar-refractivity contribution is -0.124. The highest BCUT2D eigenvalue weighted by molar-refractivity contribution is 7.89. The maximum atomic E-state index is 13.6. The molecule has 1 saturated carbocycles. The maximum absolute atomic E-state index is 13.6. The summed E-state index contributed by atoms with van der Waals surface area (Å²) in [5, 5.41) is 2.94. The van der Waals surface area contributed by atoms with Crippen LogP contribution >= 0.6 is 11.7 Å². The third-order valence-electron chi connectivity index (χ3n) is 5.33. The molecule has 0 spiro atoms. The second kappa shape index (κ2) is 7.60. The quantitative estimate of drug-likeness (QED) is 0.625. The number of rotatable bonds is 6. The van der Waals surface area contributed by atoms with Crippen molar-refractivity contribution in [2.75, 3.05) is 6.54 Å². The minimum Gasteiger partial charge on any atom is -0.489 e. The second-order valence-electron chi connectivity index (χ2n) is 7.55. The lowest BCUT2D eigenvalue weighted by Crippen LogP contribution is -2.46. The topological polar surface area (TPSA) is 101 Å². The van der Waals surface area contributed by atoms with Crippen LogP contribution in [0.15, 0.2) is 53.4 Å². The highest BCUT2D eigenvalue weighted by atomic mass is 32.2. The van der Waals surface area contributed by atoms with E-state index in [1.165, 1.54) is 10.4 Å². The van der Waals surface area contributed by atoms with Crippen LogP contribution in [-0.4, -0.2) is 52.1 Å². The molecule has 5 rings (SSSR count). The van der Waals surface area contributed by atoms with Gasteiger partial charge in [0.25, 0.3) is 0 Å². The van der Waals surface area contributed by atoms with Crippen molar-refractivity contribution in [3.63, 3.8) is 0 Å². The monoisotopic (exact) mass is 444 g/mol. The predicted molar refractivity (Wildman–Crippen MR) is 112 cm³/mol. The number of aromatic nitrogens is 2. The maximum Gasteiger partial charge on any atom is 0.246 e. The molecule has 1 aliphatic carbocycles. The van der Waals surface area contributed by atoms with Crippen LogP contribution in [0.4, 0.5) is 0 Å². The molecule has 2 aliphatic rings. The Hall–Kier alpha value is -2.56. The third kappa shape index (κ3) is 3.66. The van der Waals surface area contributed by atoms with Crippen LogP contribution in [0.5, 0.6) is 5.75 Å². The molecule has 2 heterocycles. The number of amides is 1. The van der Waals surface area contributed by atoms with Crippen LogP contribution in [0, 0.1) is 0 Å². The molecule has 2 aromatic carbocycles. The first-order valence-corrected chi connectivity index (χ1v) is 11.9. The molecule has 156 valence electrons. The van der Waals surface area contributed by atoms with Gasteiger partial charge in [-0.2, -0.15) is 13.1 Å². The molecule has 1 aromatic heterocycles. The molecule has 1 saturated heterocycles. The summed E-state index contributed by atoms with van der Waals surface area (Å²) >= 11 is 0.965. The van der Waals surface area contributed by atoms with Gasteiger partial charge in [-0.1, -0.05) is 24.3 Å². The summed E-state index contributed by atoms with van der Waals surface area (Å²) in [5.74, 6) is 0.373. The van der Waals surface area contributed by atoms with Crippen LogP contribution < -0.4 is 10.1 Å². The van der Waals surface area contributed by atoms with Gasteiger partial charge in [-0.25, -0.2) is 8.42 Å². The van der Waals surface area contributed by atoms with Gasteiger partial charge in [0.15, 0.2) is 0 Å². The van der Waals surface area contributed by atoms with Crippen molar-refractivity contribution in [3.05, 3.63) is 48.5 Å². The van der Waals surface area contributed by atoms with Crippen molar-refractivity contribution in [1.29, 1.82) is 0 Å². The fraction of sp³-hybridized carbons (Fsp3) is 0.350. The van der Waals surface area contributed by atoms with Crippen molar-refractivity contribution in [3.8, 4) is 5.75 Å². The van der Waals surface area contributed by atoms with Crippen molar-refractivity contribution in [1.82, 2.24) is 18.4 Å². The van der Waals surface area contributed by atoms with Crippen molar-refractivity contribution < 1.29 is 17.9 Å². The number of nitrogens with zero attached hydrogens (tertiary/aromatic N) is 3. The molecule has 2 atom stereocenters. The Morgan fingerprint density at radius 2 is 1.90 bits per heavy atom. The van der Waals surface area contributed by atoms with Gasteiger partial charge in [0.05, 0.1) is 18.3 Å². The van der Waals surface area contributed by atoms with Crippen molar-refractivity contribution in [2.45, 2.75) is 42.3 Å². The summed E-state index contributed by atoms with van der Waals surface area (Å²) in [4.78, 5) is 13.0. The Morgan fingerprint density at radius 1 is 1.10 bits per heavy atom. The Balaban J connectivity index is 1.47. The molecule has 30 heavy (non-hydrogen) atoms. The van der Waals surface area contributed by atoms with E-state index < -0.39 is 22.2 Å². The fourth-order valence-corrected chi connectivity index (χ4v) is 6.07. The molecule has 1 N–H and O–H groups in total. The van der Waals surface area contributed by atoms with E-state index in [0.29, 0.717) is 16.8 Å². The summed E-state index contributed by atoms with van der Waals surface area (Å²) in [6.07, 6.45) is 1.72. The molecule has 0 bridgehead atoms. The Bertz CT molecular complexity index is 1180. The summed E-state index contributed by atoms with van der Waals surface area (Å²) in [6.45, 7) is 0.0912. The van der Waals surface area contributed by atoms with Gasteiger partial charge in [-0.05, 0) is 37.1 Å². The van der Waals surface area contributed by atoms with Gasteiger partial charge in [0.1, 0.15) is 33.8 Å². The number of benzene rings is 2. The third-order valence-corrected chi connectivity index (χ3v) is 7.77. The highest BCUT2D eigenvalue weighted by Gasteiger charge is 2.46. The zero-order chi connectivity index (χ0) is 20.7. The van der Waals surface area contributed by atoms with Crippen molar-refractivity contribution >= 4 is 38.7 Å². The summed E-state index contributed by atoms with van der Waals surface area (Å²) < 4.78 is 42.7. The van der Waals surface area contributed by atoms with E-state index in [9.17, 15) is 13.2 Å². The number of carbonyl (C=O) groups excluding carboxylic acids is 1. The van der Waals surface area contributed by atoms with E-state index in [1.54, 1.807) is 12.1 Å². The summed E-state index contributed by atoms with van der Waals surface area (Å²) in [6, 6.07) is 13.4. The van der Waals surface area contributed by atoms with Gasteiger partial charge >= 0.3 is 0 Å². The Labute approximate surface area is 178 Å². The van der Waals surface area contributed by atoms with E-state index in [1.807, 2.05) is 30.3 Å². The molecule has 0 radical (unpaired) electrons. The average Bonchev–Trinajstić information content (AvgIpc) is 3.25. The average molecular weight is 445 g/mol. The number of carbonyl (C=O) groups is 1. The number of para-hydroxylation sites is 1. The Kier molecular flexibility index (Phi) is 4.92. The van der Waals surface area contributed by atoms with Crippen LogP contribution in [0.2, 0.25) is 0 Å². The largest absolute Gasteiger partial charge is 0.489 e. The normalized spacial score (nSPS) is 22.3. The molecule has 8 nitrogen and oxygen atoms in total. The van der Waals surface area contributed by atoms with E-state index >= 15 is 0 Å². The van der Waals surface area contributed by atoms with Crippen LogP contribution in [0.25, 0.3) is 11.0 Å². The van der Waals surface area contributed by atoms with E-state index in [4.69, 9.17) is 4.74 Å². The highest BCUT2D eigenvalue weighted by Crippen LogP contribution is 2.32. The van der Waals surface area contributed by atoms with Gasteiger partial charge in [0.2, 0.25) is 15.9 Å². The minimum atomic E-state index is -3.97. The molecular formula is C20H20N4O4S2. The number of hydrogen-bond acceptors (Lipinski definition) is 7. The van der Waals surface area contributed by atoms with Crippen LogP contribution in [0.3, 0.4) is 0 Å². The van der Waals surface area contributed by atoms with E-state index in [0.717, 1.165) is 24.6 Å². The molecule has 1 aliphatic heterocycles. The van der Waals surface area contributed by atoms with Crippen molar-refractivity contribution in [2.24, 2.45) is 0 Å². The first-order valence-electron chi connectivity index (χ1n) is 9.77. The first-order chi connectivity index (χ1) is 14.5. The number of hydrogen-bond donors (Lipinski definition) is 1. The summed E-state index contributed by atoms with van der Waals surface area (Å²) in [7, 11) is -3.97. The van der Waals surface area contributed by atoms with E-state index in [-0.39, 0.29) is 29.8 Å². The lowest BCUT2D eigenvalue weighted by atomic mass is 10.2. The molecule has 1 amide bonds. The zero-order valence-corrected chi connectivity index (χ0v) is 17.6. The van der Waals surface area contributed by atoms with Gasteiger partial charge in [-0.3, -0.25) is 4.79 Å². The van der Waals surface area contributed by atoms with Gasteiger partial charge in [0, 0.05) is 12.5 Å². The minimum absolute atomic E-state index is 0.0679. The number of nitrogens with one attached hydrogen (secondary N) is 1. The van der Waals surface area contributed by atoms with Crippen LogP contribution in [-0.2, 0) is 14.8 Å². The van der Waals surface area contributed by atoms with Gasteiger partial charge < -0.3 is 10.1 Å². The fourth-order valence-electron chi connectivity index (χ4n) is 3.69. The zero-order valence-electron chi connectivity index (χ0n) is 16.0. The molecule has 10 heteroatoms. The number of sulfonamides is 1. The standard InChI is InChI=1S/C20H20N4O4S2/c25-20(21-13-9-10-13)17-11-15(28-14-5-2-1-3-6-14)12-24(17)30(26,27)18-8-4-7-16-19(18)23-29-22-16/h1-8,13,15,17H,9-12H2,(H,21,25)/t15-,17-/m0/s1. The smallest absolute Gasteiger partial charge is 0.246 e. The number of fused-ring (bicyclic) bond motifs is 1. The molecule has 3 aromatic rings. The summed E-state index contributed by atoms with van der Waals surface area (Å²) in [5.41, 5.74) is 0.854. The molecule has 2 fully saturated rings. The van der Waals surface area contributed by atoms with Crippen LogP contribution in [0.1, 0.15) is 19.3 Å². The van der Waals surface area contributed by atoms with E-state index in [2.05, 4.69) is 14.1 Å². The van der Waals surface area contributed by atoms with Gasteiger partial charge in [-0.15, -0.1) is 0 Å². The molecular weight excluding hydrogens is 424 g/mol. The predicted octanol–water partition coefficient (Wildman–Crippen LogP) is 2.18. The second-order valence-corrected chi connectivity index (χ2v) is 9.94. The molecule has 0 unspecified atom stereocenters. The lowest BCUT2D eigenvalue weighted by Gasteiger charge is -2.23. The number of ether oxygens (including phenoxy) is 1. The first kappa shape index (κ1) is 19.4. The SMILES string of the molecule is O=C(NC1CC1)[C@@H]1C[C@H](Oc2ccccc2)CN1S(=O)(=O)c1cccc2nsnc12. The Morgan fingerprint density at radius 3 is 2.67 bits per heavy atom.